The summed E-state index contributed by atoms with van der Waals surface area (Å²) in [6.07, 6.45) is 5.99. The molecule has 1 N–H and O–H groups in total. The van der Waals surface area contributed by atoms with Crippen LogP contribution in [-0.2, 0) is 4.74 Å². The van der Waals surface area contributed by atoms with E-state index >= 15 is 0 Å². The maximum Gasteiger partial charge on any atom is 0.256 e. The first kappa shape index (κ1) is 31.1. The zero-order valence-corrected chi connectivity index (χ0v) is 25.5. The largest absolute Gasteiger partial charge is 0.378 e. The summed E-state index contributed by atoms with van der Waals surface area (Å²) < 4.78 is 32.9. The number of nitrogens with zero attached hydrogens (tertiary/aromatic N) is 7. The minimum Gasteiger partial charge on any atom is -0.378 e. The van der Waals surface area contributed by atoms with E-state index < -0.39 is 17.5 Å². The zero-order chi connectivity index (χ0) is 31.9. The number of hydrazone groups is 1. The molecule has 1 amide bonds. The van der Waals surface area contributed by atoms with Gasteiger partial charge in [0.2, 0.25) is 0 Å². The average molecular weight is 627 g/mol. The van der Waals surface area contributed by atoms with Gasteiger partial charge in [-0.2, -0.15) is 10.4 Å². The topological polar surface area (TPSA) is 109 Å². The van der Waals surface area contributed by atoms with Crippen LogP contribution < -0.4 is 10.2 Å². The van der Waals surface area contributed by atoms with Gasteiger partial charge in [0, 0.05) is 55.9 Å². The normalized spacial score (nSPS) is 18.5. The molecule has 6 rings (SSSR count). The van der Waals surface area contributed by atoms with Crippen LogP contribution in [0.15, 0.2) is 70.9 Å². The molecule has 2 aromatic carbocycles. The van der Waals surface area contributed by atoms with Crippen LogP contribution in [-0.4, -0.2) is 84.7 Å². The summed E-state index contributed by atoms with van der Waals surface area (Å²) >= 11 is 0. The molecule has 0 spiro atoms. The highest BCUT2D eigenvalue weighted by molar-refractivity contribution is 6.33. The average Bonchev–Trinajstić information content (AvgIpc) is 3.54. The lowest BCUT2D eigenvalue weighted by Crippen LogP contribution is -2.41. The molecule has 0 saturated carbocycles. The van der Waals surface area contributed by atoms with Crippen molar-refractivity contribution in [2.75, 3.05) is 56.2 Å². The number of hydrogen-bond acceptors (Lipinski definition) is 9. The van der Waals surface area contributed by atoms with Gasteiger partial charge >= 0.3 is 0 Å². The molecule has 0 bridgehead atoms. The summed E-state index contributed by atoms with van der Waals surface area (Å²) in [5, 5.41) is 19.4. The minimum atomic E-state index is -0.848. The fourth-order valence-corrected chi connectivity index (χ4v) is 6.13. The Bertz CT molecular complexity index is 1630. The second-order valence-corrected chi connectivity index (χ2v) is 11.7. The van der Waals surface area contributed by atoms with Crippen molar-refractivity contribution in [3.63, 3.8) is 0 Å². The highest BCUT2D eigenvalue weighted by atomic mass is 19.1. The smallest absolute Gasteiger partial charge is 0.256 e. The van der Waals surface area contributed by atoms with Crippen molar-refractivity contribution in [3.8, 4) is 6.07 Å². The van der Waals surface area contributed by atoms with Gasteiger partial charge in [0.15, 0.2) is 0 Å². The summed E-state index contributed by atoms with van der Waals surface area (Å²) in [6, 6.07) is 17.2. The number of benzene rings is 2. The van der Waals surface area contributed by atoms with Crippen molar-refractivity contribution in [1.29, 1.82) is 5.26 Å². The maximum absolute atomic E-state index is 14.1. The van der Waals surface area contributed by atoms with Crippen LogP contribution in [0.25, 0.3) is 0 Å². The molecule has 2 saturated heterocycles. The number of morpholine rings is 1. The summed E-state index contributed by atoms with van der Waals surface area (Å²) in [6.45, 7) is 4.71. The number of nitrogens with one attached hydrogen (secondary N) is 1. The number of amides is 1. The van der Waals surface area contributed by atoms with E-state index in [0.29, 0.717) is 31.9 Å². The molecular weight excluding hydrogens is 590 g/mol. The number of rotatable bonds is 9. The SMILES string of the molecule is N#CCC(CC1CCN(C(=O)c2ccc(F)cc2F)CC1)N1CC(=Nc2ccnc(Nc3ccc(N4CCOCC4)cc3)c2)C=N1. The highest BCUT2D eigenvalue weighted by Gasteiger charge is 2.30. The quantitative estimate of drug-likeness (QED) is 0.332. The number of nitriles is 1. The minimum absolute atomic E-state index is 0.0918. The molecule has 46 heavy (non-hydrogen) atoms. The van der Waals surface area contributed by atoms with Gasteiger partial charge < -0.3 is 19.9 Å². The van der Waals surface area contributed by atoms with Crippen molar-refractivity contribution in [3.05, 3.63) is 78.0 Å². The van der Waals surface area contributed by atoms with E-state index in [1.165, 1.54) is 11.8 Å². The predicted molar refractivity (Wildman–Crippen MR) is 173 cm³/mol. The number of carbonyl (C=O) groups excluding carboxylic acids is 1. The monoisotopic (exact) mass is 626 g/mol. The van der Waals surface area contributed by atoms with E-state index in [1.54, 1.807) is 17.3 Å². The molecule has 2 fully saturated rings. The lowest BCUT2D eigenvalue weighted by molar-refractivity contribution is 0.0664. The first-order valence-electron chi connectivity index (χ1n) is 15.6. The Labute approximate surface area is 267 Å². The van der Waals surface area contributed by atoms with Gasteiger partial charge in [0.05, 0.1) is 61.5 Å². The molecule has 3 aliphatic rings. The third-order valence-corrected chi connectivity index (χ3v) is 8.63. The van der Waals surface area contributed by atoms with Crippen LogP contribution in [0, 0.1) is 28.9 Å². The van der Waals surface area contributed by atoms with Crippen LogP contribution in [0.5, 0.6) is 0 Å². The number of ether oxygens (including phenoxy) is 1. The van der Waals surface area contributed by atoms with Gasteiger partial charge in [0.1, 0.15) is 17.5 Å². The molecule has 1 aromatic heterocycles. The van der Waals surface area contributed by atoms with Crippen molar-refractivity contribution in [2.24, 2.45) is 16.0 Å². The maximum atomic E-state index is 14.1. The Kier molecular flexibility index (Phi) is 9.79. The van der Waals surface area contributed by atoms with Gasteiger partial charge in [-0.15, -0.1) is 0 Å². The predicted octanol–water partition coefficient (Wildman–Crippen LogP) is 5.54. The van der Waals surface area contributed by atoms with Crippen molar-refractivity contribution in [2.45, 2.75) is 31.7 Å². The Morgan fingerprint density at radius 2 is 1.85 bits per heavy atom. The Morgan fingerprint density at radius 3 is 2.59 bits per heavy atom. The molecular formula is C34H36F2N8O2. The molecule has 1 atom stereocenters. The number of aromatic nitrogens is 1. The number of anilines is 3. The van der Waals surface area contributed by atoms with Gasteiger partial charge in [-0.3, -0.25) is 9.80 Å². The van der Waals surface area contributed by atoms with Crippen molar-refractivity contribution >= 4 is 40.7 Å². The Hall–Kier alpha value is -4.89. The van der Waals surface area contributed by atoms with Crippen LogP contribution in [0.4, 0.5) is 31.7 Å². The number of hydrogen-bond donors (Lipinski definition) is 1. The van der Waals surface area contributed by atoms with E-state index in [2.05, 4.69) is 38.5 Å². The first-order chi connectivity index (χ1) is 22.4. The summed E-state index contributed by atoms with van der Waals surface area (Å²) in [5.41, 5.74) is 3.52. The zero-order valence-electron chi connectivity index (χ0n) is 25.5. The fourth-order valence-electron chi connectivity index (χ4n) is 6.13. The third-order valence-electron chi connectivity index (χ3n) is 8.63. The van der Waals surface area contributed by atoms with E-state index in [-0.39, 0.29) is 17.5 Å². The fraction of sp³-hybridized carbons (Fsp3) is 0.382. The number of pyridine rings is 1. The van der Waals surface area contributed by atoms with Crippen molar-refractivity contribution in [1.82, 2.24) is 14.9 Å². The standard InChI is InChI=1S/C34H36F2N8O2/c35-25-1-6-31(32(36)20-25)34(45)43-13-9-24(10-14-43)19-30(7-11-37)44-23-28(22-39-44)40-27-8-12-38-33(21-27)41-26-2-4-29(5-3-26)42-15-17-46-18-16-42/h1-6,8,12,20-22,24,30H,7,9-10,13-19,23H2,(H,38,41). The van der Waals surface area contributed by atoms with Crippen LogP contribution in [0.3, 0.4) is 0 Å². The molecule has 1 unspecified atom stereocenters. The molecule has 10 nitrogen and oxygen atoms in total. The molecule has 3 aromatic rings. The third kappa shape index (κ3) is 7.66. The summed E-state index contributed by atoms with van der Waals surface area (Å²) in [5.74, 6) is -1.02. The Morgan fingerprint density at radius 1 is 1.07 bits per heavy atom. The summed E-state index contributed by atoms with van der Waals surface area (Å²) in [4.78, 5) is 26.0. The molecule has 12 heteroatoms. The molecule has 3 aliphatic heterocycles. The van der Waals surface area contributed by atoms with Gasteiger partial charge in [-0.25, -0.2) is 18.8 Å². The number of likely N-dealkylation sites (tertiary alicyclic amines) is 1. The van der Waals surface area contributed by atoms with Crippen LogP contribution in [0.1, 0.15) is 36.0 Å². The molecule has 4 heterocycles. The van der Waals surface area contributed by atoms with E-state index in [4.69, 9.17) is 9.73 Å². The van der Waals surface area contributed by atoms with E-state index in [0.717, 1.165) is 74.8 Å². The van der Waals surface area contributed by atoms with Crippen LogP contribution in [0.2, 0.25) is 0 Å². The second kappa shape index (κ2) is 14.5. The highest BCUT2D eigenvalue weighted by Crippen LogP contribution is 2.28. The second-order valence-electron chi connectivity index (χ2n) is 11.7. The molecule has 238 valence electrons. The number of halogens is 2. The number of piperidine rings is 1. The molecule has 0 aliphatic carbocycles. The van der Waals surface area contributed by atoms with Gasteiger partial charge in [-0.05, 0) is 67.6 Å². The van der Waals surface area contributed by atoms with Crippen molar-refractivity contribution < 1.29 is 18.3 Å². The first-order valence-corrected chi connectivity index (χ1v) is 15.6. The van der Waals surface area contributed by atoms with Gasteiger partial charge in [-0.1, -0.05) is 0 Å². The Balaban J connectivity index is 1.02. The number of carbonyl (C=O) groups is 1. The lowest BCUT2D eigenvalue weighted by Gasteiger charge is -2.35. The van der Waals surface area contributed by atoms with Gasteiger partial charge in [0.25, 0.3) is 5.91 Å². The van der Waals surface area contributed by atoms with E-state index in [1.807, 2.05) is 29.3 Å². The summed E-state index contributed by atoms with van der Waals surface area (Å²) in [7, 11) is 0. The molecule has 0 radical (unpaired) electrons. The van der Waals surface area contributed by atoms with Crippen LogP contribution >= 0.6 is 0 Å². The van der Waals surface area contributed by atoms with E-state index in [9.17, 15) is 18.8 Å². The number of aliphatic imine (C=N–C) groups is 1. The lowest BCUT2D eigenvalue weighted by atomic mass is 9.89.